The van der Waals surface area contributed by atoms with Gasteiger partial charge in [-0.1, -0.05) is 35.1 Å². The van der Waals surface area contributed by atoms with Gasteiger partial charge in [0.2, 0.25) is 0 Å². The maximum Gasteiger partial charge on any atom is 0.124 e. The molecule has 13 heavy (non-hydrogen) atoms. The number of hydrogen-bond acceptors (Lipinski definition) is 3. The summed E-state index contributed by atoms with van der Waals surface area (Å²) in [5, 5.41) is 2.02. The molecule has 0 aliphatic heterocycles. The summed E-state index contributed by atoms with van der Waals surface area (Å²) >= 11 is -0.755. The highest BCUT2D eigenvalue weighted by molar-refractivity contribution is 8.77. The summed E-state index contributed by atoms with van der Waals surface area (Å²) in [6, 6.07) is 0. The van der Waals surface area contributed by atoms with Crippen LogP contribution in [0.5, 0.6) is 0 Å². The third-order valence-corrected chi connectivity index (χ3v) is 4.52. The van der Waals surface area contributed by atoms with Gasteiger partial charge >= 0.3 is 0 Å². The SMILES string of the molecule is C=CC[S+]([O-])CC=CSSCCC. The molecule has 0 aliphatic rings. The Balaban J connectivity index is 3.24. The summed E-state index contributed by atoms with van der Waals surface area (Å²) in [7, 11) is 3.54. The van der Waals surface area contributed by atoms with Gasteiger partial charge in [0, 0.05) is 5.75 Å². The fourth-order valence-electron chi connectivity index (χ4n) is 0.556. The maximum atomic E-state index is 11.1. The van der Waals surface area contributed by atoms with E-state index >= 15 is 0 Å². The molecule has 0 saturated heterocycles. The minimum atomic E-state index is -0.755. The smallest absolute Gasteiger partial charge is 0.124 e. The minimum Gasteiger partial charge on any atom is -0.616 e. The zero-order chi connectivity index (χ0) is 9.94. The average Bonchev–Trinajstić information content (AvgIpc) is 2.11. The number of hydrogen-bond donors (Lipinski definition) is 0. The maximum absolute atomic E-state index is 11.1. The van der Waals surface area contributed by atoms with Crippen LogP contribution in [0.15, 0.2) is 24.1 Å². The van der Waals surface area contributed by atoms with Gasteiger partial charge in [0.25, 0.3) is 0 Å². The first kappa shape index (κ1) is 13.5. The lowest BCUT2D eigenvalue weighted by Crippen LogP contribution is -2.06. The largest absolute Gasteiger partial charge is 0.616 e. The molecule has 1 unspecified atom stereocenters. The van der Waals surface area contributed by atoms with Crippen molar-refractivity contribution in [3.63, 3.8) is 0 Å². The molecule has 0 amide bonds. The Labute approximate surface area is 92.0 Å². The molecule has 0 spiro atoms. The molecule has 0 radical (unpaired) electrons. The molecule has 0 aromatic heterocycles. The van der Waals surface area contributed by atoms with E-state index < -0.39 is 11.2 Å². The lowest BCUT2D eigenvalue weighted by molar-refractivity contribution is 0.601. The molecule has 0 rings (SSSR count). The van der Waals surface area contributed by atoms with E-state index in [4.69, 9.17) is 0 Å². The first-order valence-electron chi connectivity index (χ1n) is 4.20. The Morgan fingerprint density at radius 2 is 2.23 bits per heavy atom. The second-order valence-electron chi connectivity index (χ2n) is 2.35. The molecule has 0 heterocycles. The quantitative estimate of drug-likeness (QED) is 0.280. The van der Waals surface area contributed by atoms with Gasteiger partial charge in [-0.15, -0.1) is 0 Å². The van der Waals surface area contributed by atoms with Crippen molar-refractivity contribution >= 4 is 32.8 Å². The molecule has 0 N–H and O–H groups in total. The molecule has 4 heteroatoms. The van der Waals surface area contributed by atoms with E-state index in [0.29, 0.717) is 11.5 Å². The van der Waals surface area contributed by atoms with E-state index in [1.54, 1.807) is 16.9 Å². The predicted octanol–water partition coefficient (Wildman–Crippen LogP) is 3.23. The molecule has 0 bridgehead atoms. The molecule has 0 saturated carbocycles. The Hall–Kier alpha value is 0.490. The molecular weight excluding hydrogens is 220 g/mol. The van der Waals surface area contributed by atoms with Crippen LogP contribution >= 0.6 is 21.6 Å². The van der Waals surface area contributed by atoms with Gasteiger partial charge in [-0.25, -0.2) is 0 Å². The highest BCUT2D eigenvalue weighted by Crippen LogP contribution is 2.22. The van der Waals surface area contributed by atoms with Crippen molar-refractivity contribution in [1.82, 2.24) is 0 Å². The van der Waals surface area contributed by atoms with Crippen LogP contribution in [0, 0.1) is 0 Å². The van der Waals surface area contributed by atoms with E-state index in [-0.39, 0.29) is 0 Å². The van der Waals surface area contributed by atoms with Crippen LogP contribution in [0.1, 0.15) is 13.3 Å². The van der Waals surface area contributed by atoms with E-state index in [1.165, 1.54) is 12.2 Å². The van der Waals surface area contributed by atoms with Crippen molar-refractivity contribution in [2.24, 2.45) is 0 Å². The fourth-order valence-corrected chi connectivity index (χ4v) is 3.16. The summed E-state index contributed by atoms with van der Waals surface area (Å²) in [6.07, 6.45) is 4.86. The summed E-state index contributed by atoms with van der Waals surface area (Å²) < 4.78 is 11.1. The minimum absolute atomic E-state index is 0.594. The van der Waals surface area contributed by atoms with Crippen molar-refractivity contribution in [2.45, 2.75) is 13.3 Å². The molecule has 1 nitrogen and oxygen atoms in total. The zero-order valence-electron chi connectivity index (χ0n) is 7.90. The lowest BCUT2D eigenvalue weighted by atomic mass is 10.6. The Morgan fingerprint density at radius 1 is 1.46 bits per heavy atom. The first-order chi connectivity index (χ1) is 6.31. The summed E-state index contributed by atoms with van der Waals surface area (Å²) in [5.41, 5.74) is 0. The van der Waals surface area contributed by atoms with Crippen molar-refractivity contribution in [2.75, 3.05) is 17.3 Å². The van der Waals surface area contributed by atoms with Crippen molar-refractivity contribution in [3.8, 4) is 0 Å². The fraction of sp³-hybridized carbons (Fsp3) is 0.556. The normalized spacial score (nSPS) is 13.4. The lowest BCUT2D eigenvalue weighted by Gasteiger charge is -2.04. The molecule has 0 aliphatic carbocycles. The second kappa shape index (κ2) is 10.6. The first-order valence-corrected chi connectivity index (χ1v) is 8.07. The molecule has 76 valence electrons. The van der Waals surface area contributed by atoms with Gasteiger partial charge in [0.1, 0.15) is 11.5 Å². The molecule has 1 atom stereocenters. The third-order valence-electron chi connectivity index (χ3n) is 1.09. The van der Waals surface area contributed by atoms with Gasteiger partial charge < -0.3 is 4.55 Å². The molecule has 0 aromatic rings. The van der Waals surface area contributed by atoms with Gasteiger partial charge in [-0.05, 0) is 35.2 Å². The standard InChI is InChI=1S/C9H16OS3/c1-3-6-11-12-7-5-9-13(10)8-4-2/h4-5,7H,2-3,6,8-9H2,1H3. The van der Waals surface area contributed by atoms with Crippen LogP contribution in [0.25, 0.3) is 0 Å². The predicted molar refractivity (Wildman–Crippen MR) is 67.6 cm³/mol. The molecule has 0 aromatic carbocycles. The Kier molecular flexibility index (Phi) is 11.0. The Bertz CT molecular complexity index is 148. The van der Waals surface area contributed by atoms with Crippen molar-refractivity contribution in [1.29, 1.82) is 0 Å². The molecule has 0 fully saturated rings. The monoisotopic (exact) mass is 236 g/mol. The summed E-state index contributed by atoms with van der Waals surface area (Å²) in [5.74, 6) is 2.41. The van der Waals surface area contributed by atoms with Crippen molar-refractivity contribution < 1.29 is 4.55 Å². The van der Waals surface area contributed by atoms with Gasteiger partial charge in [-0.2, -0.15) is 0 Å². The Morgan fingerprint density at radius 3 is 2.85 bits per heavy atom. The van der Waals surface area contributed by atoms with Crippen LogP contribution in [0.3, 0.4) is 0 Å². The third kappa shape index (κ3) is 10.4. The average molecular weight is 236 g/mol. The van der Waals surface area contributed by atoms with Crippen LogP contribution in [0.2, 0.25) is 0 Å². The van der Waals surface area contributed by atoms with Gasteiger partial charge in [0.15, 0.2) is 0 Å². The highest BCUT2D eigenvalue weighted by Gasteiger charge is 1.97. The van der Waals surface area contributed by atoms with E-state index in [2.05, 4.69) is 13.5 Å². The van der Waals surface area contributed by atoms with Crippen molar-refractivity contribution in [3.05, 3.63) is 24.1 Å². The molecular formula is C9H16OS3. The van der Waals surface area contributed by atoms with E-state index in [9.17, 15) is 4.55 Å². The van der Waals surface area contributed by atoms with Gasteiger partial charge in [0.05, 0.1) is 0 Å². The summed E-state index contributed by atoms with van der Waals surface area (Å²) in [4.78, 5) is 0. The topological polar surface area (TPSA) is 23.1 Å². The van der Waals surface area contributed by atoms with Crippen LogP contribution in [-0.4, -0.2) is 21.8 Å². The number of rotatable bonds is 8. The van der Waals surface area contributed by atoms with E-state index in [0.717, 1.165) is 0 Å². The highest BCUT2D eigenvalue weighted by atomic mass is 33.1. The van der Waals surface area contributed by atoms with Crippen LogP contribution in [0.4, 0.5) is 0 Å². The van der Waals surface area contributed by atoms with Gasteiger partial charge in [-0.3, -0.25) is 0 Å². The van der Waals surface area contributed by atoms with Crippen LogP contribution < -0.4 is 0 Å². The summed E-state index contributed by atoms with van der Waals surface area (Å²) in [6.45, 7) is 5.71. The zero-order valence-corrected chi connectivity index (χ0v) is 10.4. The van der Waals surface area contributed by atoms with Crippen LogP contribution in [-0.2, 0) is 11.2 Å². The van der Waals surface area contributed by atoms with E-state index in [1.807, 2.05) is 22.3 Å². The second-order valence-corrected chi connectivity index (χ2v) is 6.29.